The second-order valence-electron chi connectivity index (χ2n) is 4.82. The minimum Gasteiger partial charge on any atom is -0.368 e. The summed E-state index contributed by atoms with van der Waals surface area (Å²) in [6, 6.07) is 1.60. The molecule has 2 rings (SSSR count). The van der Waals surface area contributed by atoms with Crippen molar-refractivity contribution in [2.24, 2.45) is 5.73 Å². The summed E-state index contributed by atoms with van der Waals surface area (Å²) in [5, 5.41) is 0. The van der Waals surface area contributed by atoms with Crippen LogP contribution in [0.4, 0.5) is 5.82 Å². The number of anilines is 1. The van der Waals surface area contributed by atoms with E-state index in [2.05, 4.69) is 25.9 Å². The zero-order valence-electron chi connectivity index (χ0n) is 10.6. The number of carbonyl (C=O) groups is 1. The predicted molar refractivity (Wildman–Crippen MR) is 73.4 cm³/mol. The number of carbonyl (C=O) groups excluding carboxylic acids is 1. The Morgan fingerprint density at radius 3 is 2.89 bits per heavy atom. The topological polar surface area (TPSA) is 72.1 Å². The standard InChI is InChI=1S/C12H17BrN4O/c1-7(2)12-15-9(13)6-10(16-12)17-5-3-4-8(17)11(14)18/h6-8H,3-5H2,1-2H3,(H2,14,18). The van der Waals surface area contributed by atoms with E-state index in [0.29, 0.717) is 0 Å². The second kappa shape index (κ2) is 5.22. The summed E-state index contributed by atoms with van der Waals surface area (Å²) in [4.78, 5) is 22.2. The van der Waals surface area contributed by atoms with Gasteiger partial charge in [0.15, 0.2) is 0 Å². The van der Waals surface area contributed by atoms with Gasteiger partial charge in [0.05, 0.1) is 0 Å². The summed E-state index contributed by atoms with van der Waals surface area (Å²) in [5.74, 6) is 1.51. The normalized spacial score (nSPS) is 19.6. The van der Waals surface area contributed by atoms with Gasteiger partial charge in [0.2, 0.25) is 5.91 Å². The molecule has 1 fully saturated rings. The minimum absolute atomic E-state index is 0.244. The zero-order chi connectivity index (χ0) is 13.3. The van der Waals surface area contributed by atoms with Crippen LogP contribution in [0.3, 0.4) is 0 Å². The van der Waals surface area contributed by atoms with Crippen molar-refractivity contribution in [1.82, 2.24) is 9.97 Å². The molecule has 1 atom stereocenters. The molecule has 0 radical (unpaired) electrons. The Labute approximate surface area is 115 Å². The Balaban J connectivity index is 2.35. The van der Waals surface area contributed by atoms with Crippen LogP contribution in [0.15, 0.2) is 10.7 Å². The Hall–Kier alpha value is -1.17. The van der Waals surface area contributed by atoms with Gasteiger partial charge >= 0.3 is 0 Å². The molecule has 1 aromatic heterocycles. The van der Waals surface area contributed by atoms with Crippen molar-refractivity contribution in [2.75, 3.05) is 11.4 Å². The number of aromatic nitrogens is 2. The van der Waals surface area contributed by atoms with Gasteiger partial charge in [0.25, 0.3) is 0 Å². The van der Waals surface area contributed by atoms with Crippen LogP contribution in [-0.2, 0) is 4.79 Å². The van der Waals surface area contributed by atoms with Crippen LogP contribution in [0.1, 0.15) is 38.4 Å². The van der Waals surface area contributed by atoms with Crippen LogP contribution in [0, 0.1) is 0 Å². The smallest absolute Gasteiger partial charge is 0.240 e. The molecule has 1 aliphatic heterocycles. The van der Waals surface area contributed by atoms with Crippen LogP contribution in [0.2, 0.25) is 0 Å². The molecule has 5 nitrogen and oxygen atoms in total. The van der Waals surface area contributed by atoms with E-state index in [1.165, 1.54) is 0 Å². The highest BCUT2D eigenvalue weighted by Gasteiger charge is 2.30. The lowest BCUT2D eigenvalue weighted by molar-refractivity contribution is -0.119. The molecule has 0 aliphatic carbocycles. The molecule has 2 heterocycles. The molecule has 2 N–H and O–H groups in total. The fourth-order valence-electron chi connectivity index (χ4n) is 2.16. The van der Waals surface area contributed by atoms with Crippen molar-refractivity contribution in [3.8, 4) is 0 Å². The molecular weight excluding hydrogens is 296 g/mol. The third-order valence-corrected chi connectivity index (χ3v) is 3.50. The Morgan fingerprint density at radius 1 is 1.56 bits per heavy atom. The summed E-state index contributed by atoms with van der Waals surface area (Å²) < 4.78 is 0.742. The molecule has 1 aliphatic rings. The maximum absolute atomic E-state index is 11.4. The second-order valence-corrected chi connectivity index (χ2v) is 5.63. The van der Waals surface area contributed by atoms with Gasteiger partial charge in [-0.1, -0.05) is 13.8 Å². The Bertz CT molecular complexity index is 463. The van der Waals surface area contributed by atoms with E-state index in [4.69, 9.17) is 5.73 Å². The molecule has 6 heteroatoms. The number of rotatable bonds is 3. The lowest BCUT2D eigenvalue weighted by atomic mass is 10.2. The van der Waals surface area contributed by atoms with E-state index in [1.54, 1.807) is 0 Å². The molecule has 1 saturated heterocycles. The van der Waals surface area contributed by atoms with E-state index in [9.17, 15) is 4.79 Å². The van der Waals surface area contributed by atoms with Crippen molar-refractivity contribution < 1.29 is 4.79 Å². The molecule has 1 amide bonds. The van der Waals surface area contributed by atoms with Crippen LogP contribution in [0.25, 0.3) is 0 Å². The summed E-state index contributed by atoms with van der Waals surface area (Å²) in [5.41, 5.74) is 5.43. The van der Waals surface area contributed by atoms with E-state index in [0.717, 1.165) is 35.6 Å². The van der Waals surface area contributed by atoms with Crippen LogP contribution >= 0.6 is 15.9 Å². The van der Waals surface area contributed by atoms with Crippen molar-refractivity contribution >= 4 is 27.7 Å². The fourth-order valence-corrected chi connectivity index (χ4v) is 2.55. The molecule has 1 unspecified atom stereocenters. The number of hydrogen-bond donors (Lipinski definition) is 1. The molecule has 1 aromatic rings. The Kier molecular flexibility index (Phi) is 3.85. The first-order valence-corrected chi connectivity index (χ1v) is 6.88. The largest absolute Gasteiger partial charge is 0.368 e. The number of nitrogens with zero attached hydrogens (tertiary/aromatic N) is 3. The first kappa shape index (κ1) is 13.3. The molecule has 0 spiro atoms. The maximum Gasteiger partial charge on any atom is 0.240 e. The molecule has 0 saturated carbocycles. The number of amides is 1. The third kappa shape index (κ3) is 2.63. The van der Waals surface area contributed by atoms with E-state index < -0.39 is 0 Å². The summed E-state index contributed by atoms with van der Waals surface area (Å²) in [6.07, 6.45) is 1.76. The average molecular weight is 313 g/mol. The lowest BCUT2D eigenvalue weighted by Gasteiger charge is -2.24. The number of primary amides is 1. The molecule has 0 aromatic carbocycles. The van der Waals surface area contributed by atoms with Gasteiger partial charge in [0.1, 0.15) is 22.3 Å². The van der Waals surface area contributed by atoms with Crippen LogP contribution in [0.5, 0.6) is 0 Å². The highest BCUT2D eigenvalue weighted by Crippen LogP contribution is 2.26. The quantitative estimate of drug-likeness (QED) is 0.864. The maximum atomic E-state index is 11.4. The zero-order valence-corrected chi connectivity index (χ0v) is 12.1. The number of halogens is 1. The van der Waals surface area contributed by atoms with Gasteiger partial charge < -0.3 is 10.6 Å². The SMILES string of the molecule is CC(C)c1nc(Br)cc(N2CCCC2C(N)=O)n1. The first-order chi connectivity index (χ1) is 8.49. The average Bonchev–Trinajstić information content (AvgIpc) is 2.76. The van der Waals surface area contributed by atoms with Gasteiger partial charge in [0, 0.05) is 18.5 Å². The summed E-state index contributed by atoms with van der Waals surface area (Å²) in [6.45, 7) is 4.90. The van der Waals surface area contributed by atoms with Gasteiger partial charge in [-0.3, -0.25) is 4.79 Å². The molecule has 98 valence electrons. The van der Waals surface area contributed by atoms with Crippen molar-refractivity contribution in [3.63, 3.8) is 0 Å². The number of hydrogen-bond acceptors (Lipinski definition) is 4. The van der Waals surface area contributed by atoms with E-state index in [1.807, 2.05) is 24.8 Å². The van der Waals surface area contributed by atoms with E-state index in [-0.39, 0.29) is 17.9 Å². The minimum atomic E-state index is -0.284. The molecular formula is C12H17BrN4O. The van der Waals surface area contributed by atoms with Crippen molar-refractivity contribution in [3.05, 3.63) is 16.5 Å². The van der Waals surface area contributed by atoms with Crippen LogP contribution in [-0.4, -0.2) is 28.5 Å². The molecule has 0 bridgehead atoms. The first-order valence-electron chi connectivity index (χ1n) is 6.09. The fraction of sp³-hybridized carbons (Fsp3) is 0.583. The van der Waals surface area contributed by atoms with E-state index >= 15 is 0 Å². The van der Waals surface area contributed by atoms with Gasteiger partial charge in [-0.15, -0.1) is 0 Å². The summed E-state index contributed by atoms with van der Waals surface area (Å²) in [7, 11) is 0. The summed E-state index contributed by atoms with van der Waals surface area (Å²) >= 11 is 3.39. The number of nitrogens with two attached hydrogens (primary N) is 1. The highest BCUT2D eigenvalue weighted by atomic mass is 79.9. The van der Waals surface area contributed by atoms with Gasteiger partial charge in [-0.05, 0) is 28.8 Å². The highest BCUT2D eigenvalue weighted by molar-refractivity contribution is 9.10. The van der Waals surface area contributed by atoms with Crippen molar-refractivity contribution in [2.45, 2.75) is 38.6 Å². The van der Waals surface area contributed by atoms with Crippen molar-refractivity contribution in [1.29, 1.82) is 0 Å². The van der Waals surface area contributed by atoms with Crippen LogP contribution < -0.4 is 10.6 Å². The lowest BCUT2D eigenvalue weighted by Crippen LogP contribution is -2.40. The molecule has 18 heavy (non-hydrogen) atoms. The Morgan fingerprint density at radius 2 is 2.28 bits per heavy atom. The predicted octanol–water partition coefficient (Wildman–Crippen LogP) is 1.82. The third-order valence-electron chi connectivity index (χ3n) is 3.09. The van der Waals surface area contributed by atoms with Gasteiger partial charge in [-0.25, -0.2) is 9.97 Å². The monoisotopic (exact) mass is 312 g/mol. The van der Waals surface area contributed by atoms with Gasteiger partial charge in [-0.2, -0.15) is 0 Å².